The highest BCUT2D eigenvalue weighted by Gasteiger charge is 2.33. The van der Waals surface area contributed by atoms with E-state index < -0.39 is 0 Å². The molecule has 1 fully saturated rings. The van der Waals surface area contributed by atoms with Gasteiger partial charge in [-0.05, 0) is 31.5 Å². The summed E-state index contributed by atoms with van der Waals surface area (Å²) < 4.78 is 9.70. The molecule has 0 radical (unpaired) electrons. The van der Waals surface area contributed by atoms with Gasteiger partial charge in [-0.25, -0.2) is 14.5 Å². The van der Waals surface area contributed by atoms with Gasteiger partial charge in [-0.1, -0.05) is 18.2 Å². The Morgan fingerprint density at radius 1 is 1.25 bits per heavy atom. The van der Waals surface area contributed by atoms with E-state index in [1.165, 1.54) is 0 Å². The number of nitrogens with one attached hydrogen (secondary N) is 2. The number of imidazole rings is 1. The first-order valence-corrected chi connectivity index (χ1v) is 9.38. The number of nitrogens with zero attached hydrogens (tertiary/aromatic N) is 4. The second kappa shape index (κ2) is 7.85. The molecule has 3 heterocycles. The van der Waals surface area contributed by atoms with Crippen LogP contribution in [0, 0.1) is 0 Å². The molecule has 0 saturated carbocycles. The lowest BCUT2D eigenvalue weighted by molar-refractivity contribution is 0.0945. The third kappa shape index (κ3) is 3.63. The van der Waals surface area contributed by atoms with Crippen LogP contribution in [-0.2, 0) is 11.8 Å². The smallest absolute Gasteiger partial charge is 0.315 e. The Labute approximate surface area is 163 Å². The highest BCUT2D eigenvalue weighted by molar-refractivity contribution is 5.74. The SMILES string of the molecule is CC(NC(=O)N[C@@H]1CCO[C@H]1c1ccnn1-c1ccccc1)c1nccn1C. The highest BCUT2D eigenvalue weighted by Crippen LogP contribution is 2.30. The van der Waals surface area contributed by atoms with Crippen molar-refractivity contribution in [1.29, 1.82) is 0 Å². The molecule has 1 saturated heterocycles. The molecule has 8 heteroatoms. The minimum absolute atomic E-state index is 0.132. The molecule has 2 aromatic heterocycles. The van der Waals surface area contributed by atoms with E-state index in [9.17, 15) is 4.79 Å². The summed E-state index contributed by atoms with van der Waals surface area (Å²) in [5, 5.41) is 10.4. The standard InChI is InChI=1S/C20H24N6O2/c1-14(19-21-11-12-25(19)2)23-20(27)24-16-9-13-28-18(16)17-8-10-22-26(17)15-6-4-3-5-7-15/h3-8,10-12,14,16,18H,9,13H2,1-2H3,(H2,23,24,27)/t14?,16-,18-/m1/s1. The summed E-state index contributed by atoms with van der Waals surface area (Å²) in [5.41, 5.74) is 1.88. The molecule has 2 N–H and O–H groups in total. The molecule has 0 aliphatic carbocycles. The topological polar surface area (TPSA) is 86.0 Å². The molecule has 8 nitrogen and oxygen atoms in total. The maximum Gasteiger partial charge on any atom is 0.315 e. The van der Waals surface area contributed by atoms with Gasteiger partial charge in [0, 0.05) is 32.2 Å². The van der Waals surface area contributed by atoms with Crippen molar-refractivity contribution in [2.45, 2.75) is 31.5 Å². The Hall–Kier alpha value is -3.13. The van der Waals surface area contributed by atoms with Gasteiger partial charge in [0.1, 0.15) is 11.9 Å². The van der Waals surface area contributed by atoms with Crippen LogP contribution in [0.1, 0.15) is 37.0 Å². The van der Waals surface area contributed by atoms with E-state index in [0.29, 0.717) is 6.61 Å². The number of carbonyl (C=O) groups is 1. The zero-order valence-electron chi connectivity index (χ0n) is 15.9. The van der Waals surface area contributed by atoms with Crippen LogP contribution < -0.4 is 10.6 Å². The lowest BCUT2D eigenvalue weighted by Crippen LogP contribution is -2.44. The summed E-state index contributed by atoms with van der Waals surface area (Å²) in [6.07, 6.45) is 5.82. The largest absolute Gasteiger partial charge is 0.370 e. The molecule has 1 aliphatic heterocycles. The van der Waals surface area contributed by atoms with Gasteiger partial charge in [-0.15, -0.1) is 0 Å². The molecule has 2 amide bonds. The number of amides is 2. The van der Waals surface area contributed by atoms with Crippen LogP contribution >= 0.6 is 0 Å². The summed E-state index contributed by atoms with van der Waals surface area (Å²) in [6, 6.07) is 11.3. The third-order valence-electron chi connectivity index (χ3n) is 4.97. The Morgan fingerprint density at radius 2 is 2.07 bits per heavy atom. The van der Waals surface area contributed by atoms with E-state index in [4.69, 9.17) is 4.74 Å². The quantitative estimate of drug-likeness (QED) is 0.712. The maximum atomic E-state index is 12.5. The molecule has 1 aromatic carbocycles. The van der Waals surface area contributed by atoms with E-state index in [-0.39, 0.29) is 24.2 Å². The van der Waals surface area contributed by atoms with Gasteiger partial charge in [-0.2, -0.15) is 5.10 Å². The molecule has 1 unspecified atom stereocenters. The van der Waals surface area contributed by atoms with Gasteiger partial charge < -0.3 is 19.9 Å². The second-order valence-electron chi connectivity index (χ2n) is 6.93. The number of benzene rings is 1. The first kappa shape index (κ1) is 18.2. The Balaban J connectivity index is 1.45. The average Bonchev–Trinajstić information content (AvgIpc) is 3.42. The fourth-order valence-corrected chi connectivity index (χ4v) is 3.61. The van der Waals surface area contributed by atoms with Crippen molar-refractivity contribution in [3.05, 3.63) is 66.5 Å². The molecule has 0 bridgehead atoms. The van der Waals surface area contributed by atoms with Crippen molar-refractivity contribution in [3.8, 4) is 5.69 Å². The molecule has 28 heavy (non-hydrogen) atoms. The van der Waals surface area contributed by atoms with E-state index in [2.05, 4.69) is 20.7 Å². The molecule has 4 rings (SSSR count). The number of ether oxygens (including phenoxy) is 1. The minimum atomic E-state index is -0.253. The zero-order chi connectivity index (χ0) is 19.5. The molecular weight excluding hydrogens is 356 g/mol. The number of aryl methyl sites for hydroxylation is 1. The highest BCUT2D eigenvalue weighted by atomic mass is 16.5. The van der Waals surface area contributed by atoms with E-state index in [1.54, 1.807) is 12.4 Å². The molecule has 1 aliphatic rings. The van der Waals surface area contributed by atoms with E-state index >= 15 is 0 Å². The summed E-state index contributed by atoms with van der Waals surface area (Å²) in [5.74, 6) is 0.802. The van der Waals surface area contributed by atoms with Crippen LogP contribution in [0.5, 0.6) is 0 Å². The Morgan fingerprint density at radius 3 is 2.82 bits per heavy atom. The van der Waals surface area contributed by atoms with Crippen LogP contribution in [0.4, 0.5) is 4.79 Å². The Bertz CT molecular complexity index is 935. The first-order valence-electron chi connectivity index (χ1n) is 9.38. The average molecular weight is 380 g/mol. The van der Waals surface area contributed by atoms with Crippen molar-refractivity contribution in [1.82, 2.24) is 30.0 Å². The van der Waals surface area contributed by atoms with Crippen LogP contribution in [0.2, 0.25) is 0 Å². The van der Waals surface area contributed by atoms with Gasteiger partial charge in [0.2, 0.25) is 0 Å². The fourth-order valence-electron chi connectivity index (χ4n) is 3.61. The van der Waals surface area contributed by atoms with Gasteiger partial charge in [0.05, 0.1) is 23.5 Å². The van der Waals surface area contributed by atoms with Crippen molar-refractivity contribution in [2.24, 2.45) is 7.05 Å². The van der Waals surface area contributed by atoms with E-state index in [0.717, 1.165) is 23.6 Å². The maximum absolute atomic E-state index is 12.5. The monoisotopic (exact) mass is 380 g/mol. The summed E-state index contributed by atoms with van der Waals surface area (Å²) >= 11 is 0. The molecule has 0 spiro atoms. The normalized spacial score (nSPS) is 20.1. The number of rotatable bonds is 5. The van der Waals surface area contributed by atoms with E-state index in [1.807, 2.05) is 65.8 Å². The van der Waals surface area contributed by atoms with Crippen molar-refractivity contribution in [3.63, 3.8) is 0 Å². The predicted octanol–water partition coefficient (Wildman–Crippen LogP) is 2.50. The van der Waals surface area contributed by atoms with Crippen molar-refractivity contribution < 1.29 is 9.53 Å². The second-order valence-corrected chi connectivity index (χ2v) is 6.93. The molecular formula is C20H24N6O2. The number of urea groups is 1. The zero-order valence-corrected chi connectivity index (χ0v) is 15.9. The van der Waals surface area contributed by atoms with Crippen molar-refractivity contribution >= 4 is 6.03 Å². The van der Waals surface area contributed by atoms with Gasteiger partial charge in [-0.3, -0.25) is 0 Å². The minimum Gasteiger partial charge on any atom is -0.370 e. The third-order valence-corrected chi connectivity index (χ3v) is 4.97. The summed E-state index contributed by atoms with van der Waals surface area (Å²) in [6.45, 7) is 2.50. The number of hydrogen-bond donors (Lipinski definition) is 2. The van der Waals surface area contributed by atoms with Gasteiger partial charge in [0.15, 0.2) is 0 Å². The summed E-state index contributed by atoms with van der Waals surface area (Å²) in [4.78, 5) is 16.8. The molecule has 3 aromatic rings. The van der Waals surface area contributed by atoms with Gasteiger partial charge >= 0.3 is 6.03 Å². The number of aromatic nitrogens is 4. The number of carbonyl (C=O) groups excluding carboxylic acids is 1. The van der Waals surface area contributed by atoms with Crippen LogP contribution in [0.15, 0.2) is 55.0 Å². The fraction of sp³-hybridized carbons (Fsp3) is 0.350. The molecule has 146 valence electrons. The number of hydrogen-bond acceptors (Lipinski definition) is 4. The van der Waals surface area contributed by atoms with Crippen LogP contribution in [-0.4, -0.2) is 38.0 Å². The number of para-hydroxylation sites is 1. The predicted molar refractivity (Wildman–Crippen MR) is 104 cm³/mol. The first-order chi connectivity index (χ1) is 13.6. The summed E-state index contributed by atoms with van der Waals surface area (Å²) in [7, 11) is 1.91. The van der Waals surface area contributed by atoms with Gasteiger partial charge in [0.25, 0.3) is 0 Å². The Kier molecular flexibility index (Phi) is 5.12. The lowest BCUT2D eigenvalue weighted by atomic mass is 10.1. The molecule has 3 atom stereocenters. The lowest BCUT2D eigenvalue weighted by Gasteiger charge is -2.22. The van der Waals surface area contributed by atoms with Crippen LogP contribution in [0.3, 0.4) is 0 Å². The van der Waals surface area contributed by atoms with Crippen molar-refractivity contribution in [2.75, 3.05) is 6.61 Å². The van der Waals surface area contributed by atoms with Crippen LogP contribution in [0.25, 0.3) is 5.69 Å².